The largest absolute Gasteiger partial charge is 0.495 e. The smallest absolute Gasteiger partial charge is 0.299 e. The molecule has 358 valence electrons. The number of aliphatic hydroxyl groups excluding tert-OH is 1. The van der Waals surface area contributed by atoms with E-state index in [2.05, 4.69) is 60.8 Å². The number of nitrogens with zero attached hydrogens (tertiary/aromatic N) is 11. The quantitative estimate of drug-likeness (QED) is 0.0254. The van der Waals surface area contributed by atoms with Gasteiger partial charge in [-0.3, -0.25) is 9.11 Å². The first-order valence-corrected chi connectivity index (χ1v) is 26.2. The van der Waals surface area contributed by atoms with Crippen LogP contribution in [-0.4, -0.2) is 109 Å². The minimum absolute atomic E-state index is 0.0455. The first kappa shape index (κ1) is 49.7. The van der Waals surface area contributed by atoms with E-state index in [1.807, 2.05) is 52.0 Å². The van der Waals surface area contributed by atoms with E-state index in [1.165, 1.54) is 38.1 Å². The van der Waals surface area contributed by atoms with E-state index in [1.54, 1.807) is 24.3 Å². The number of aromatic nitrogens is 5. The molecule has 3 heterocycles. The molecule has 0 unspecified atom stereocenters. The van der Waals surface area contributed by atoms with Gasteiger partial charge in [0.1, 0.15) is 22.9 Å². The summed E-state index contributed by atoms with van der Waals surface area (Å²) < 4.78 is 80.1. The van der Waals surface area contributed by atoms with Gasteiger partial charge < -0.3 is 35.0 Å². The molecule has 22 nitrogen and oxygen atoms in total. The Balaban J connectivity index is 1.28. The topological polar surface area (TPSA) is 292 Å². The second-order valence-electron chi connectivity index (χ2n) is 14.1. The van der Waals surface area contributed by atoms with Crippen molar-refractivity contribution < 1.29 is 40.5 Å². The maximum Gasteiger partial charge on any atom is 0.299 e. The lowest BCUT2D eigenvalue weighted by Crippen LogP contribution is -2.21. The zero-order chi connectivity index (χ0) is 48.8. The van der Waals surface area contributed by atoms with Gasteiger partial charge in [0.15, 0.2) is 14.9 Å². The second-order valence-corrected chi connectivity index (χ2v) is 19.8. The molecule has 0 fully saturated rings. The molecule has 0 atom stereocenters. The highest BCUT2D eigenvalue weighted by Gasteiger charge is 2.25. The van der Waals surface area contributed by atoms with Gasteiger partial charge in [-0.05, 0) is 88.4 Å². The molecule has 0 bridgehead atoms. The number of aliphatic hydroxyl groups is 1. The van der Waals surface area contributed by atoms with E-state index in [4.69, 9.17) is 14.5 Å². The number of thioether (sulfide) groups is 1. The summed E-state index contributed by atoms with van der Waals surface area (Å²) in [4.78, 5) is 26.3. The molecule has 5 N–H and O–H groups in total. The maximum atomic E-state index is 12.3. The zero-order valence-electron chi connectivity index (χ0n) is 37.3. The molecule has 27 heteroatoms. The number of benzene rings is 4. The Labute approximate surface area is 403 Å². The van der Waals surface area contributed by atoms with Gasteiger partial charge in [-0.15, -0.1) is 20.5 Å². The number of thiazole rings is 2. The first-order valence-electron chi connectivity index (χ1n) is 20.7. The molecule has 7 rings (SSSR count). The summed E-state index contributed by atoms with van der Waals surface area (Å²) >= 11 is 3.01. The molecule has 0 radical (unpaired) electrons. The summed E-state index contributed by atoms with van der Waals surface area (Å²) in [5.74, 6) is 0.385. The van der Waals surface area contributed by atoms with E-state index in [-0.39, 0.29) is 71.6 Å². The number of rotatable bonds is 21. The van der Waals surface area contributed by atoms with Gasteiger partial charge in [0.25, 0.3) is 20.2 Å². The molecule has 0 aliphatic rings. The highest BCUT2D eigenvalue weighted by atomic mass is 32.2. The standard InChI is InChI=1S/C41H45N13O9S5/c1-7-53(8-2)23-11-13-25(49-51-40-44-27-15-17-31(62-5)35(33(27)65-40)67(56,57)58)29(21-23)42-37-46-38(48-39(47-37)64-20-19-55)43-30-22-24(54(9-3)10-4)12-14-26(30)50-52-41-45-28-16-18-32(63-6)36(34(28)66-41)68(59,60)61/h11-18,21-22,55H,7-10,19-20H2,1-6H3,(H,56,57,58)(H,59,60,61)(H2,42,43,46,47,48)/b51-49+,52-50+. The van der Waals surface area contributed by atoms with E-state index in [0.717, 1.165) is 34.0 Å². The van der Waals surface area contributed by atoms with Crippen molar-refractivity contribution in [3.05, 3.63) is 60.7 Å². The van der Waals surface area contributed by atoms with Crippen molar-refractivity contribution in [2.75, 3.05) is 73.2 Å². The molecule has 3 aromatic heterocycles. The number of methoxy groups -OCH3 is 2. The van der Waals surface area contributed by atoms with Crippen LogP contribution in [0.2, 0.25) is 0 Å². The molecule has 0 amide bonds. The molecule has 0 spiro atoms. The van der Waals surface area contributed by atoms with Crippen LogP contribution < -0.4 is 29.9 Å². The SMILES string of the molecule is CCN(CC)c1ccc(/N=N/c2nc3ccc(OC)c(S(=O)(=O)O)c3s2)c(Nc2nc(Nc3cc(N(CC)CC)ccc3/N=N/c3nc4ccc(OC)c(S(=O)(=O)O)c4s3)nc(SCCO)n2)c1. The molecule has 68 heavy (non-hydrogen) atoms. The number of azo groups is 2. The van der Waals surface area contributed by atoms with Crippen LogP contribution in [-0.2, 0) is 20.2 Å². The minimum atomic E-state index is -4.68. The Morgan fingerprint density at radius 1 is 0.618 bits per heavy atom. The average molecular weight is 1020 g/mol. The number of hydrogen-bond donors (Lipinski definition) is 5. The third-order valence-corrected chi connectivity index (χ3v) is 14.9. The summed E-state index contributed by atoms with van der Waals surface area (Å²) in [5.41, 5.74) is 3.83. The van der Waals surface area contributed by atoms with Gasteiger partial charge in [0, 0.05) is 43.3 Å². The number of hydrogen-bond acceptors (Lipinski definition) is 23. The number of fused-ring (bicyclic) bond motifs is 2. The molecule has 7 aromatic rings. The van der Waals surface area contributed by atoms with Gasteiger partial charge in [-0.2, -0.15) is 31.8 Å². The Morgan fingerprint density at radius 2 is 1.04 bits per heavy atom. The fourth-order valence-corrected chi connectivity index (χ4v) is 11.5. The van der Waals surface area contributed by atoms with Crippen LogP contribution in [0.15, 0.2) is 96.1 Å². The van der Waals surface area contributed by atoms with Gasteiger partial charge >= 0.3 is 0 Å². The predicted molar refractivity (Wildman–Crippen MR) is 265 cm³/mol. The lowest BCUT2D eigenvalue weighted by atomic mass is 10.2. The second kappa shape index (κ2) is 21.4. The molecule has 4 aromatic carbocycles. The normalized spacial score (nSPS) is 12.1. The van der Waals surface area contributed by atoms with Crippen molar-refractivity contribution in [1.29, 1.82) is 0 Å². The average Bonchev–Trinajstić information content (AvgIpc) is 3.93. The molecule has 0 aliphatic heterocycles. The van der Waals surface area contributed by atoms with Gasteiger partial charge in [0.05, 0.1) is 52.6 Å². The van der Waals surface area contributed by atoms with Crippen LogP contribution >= 0.6 is 34.4 Å². The number of ether oxygens (including phenoxy) is 2. The Kier molecular flexibility index (Phi) is 15.6. The van der Waals surface area contributed by atoms with Crippen molar-refractivity contribution >= 4 is 131 Å². The third kappa shape index (κ3) is 11.2. The summed E-state index contributed by atoms with van der Waals surface area (Å²) in [6.45, 7) is 10.8. The van der Waals surface area contributed by atoms with Crippen LogP contribution in [0.25, 0.3) is 20.4 Å². The molecular formula is C41H45N13O9S5. The molecule has 0 saturated heterocycles. The number of nitrogens with one attached hydrogen (secondary N) is 2. The minimum Gasteiger partial charge on any atom is -0.495 e. The van der Waals surface area contributed by atoms with Gasteiger partial charge in [-0.25, -0.2) is 9.97 Å². The monoisotopic (exact) mass is 1020 g/mol. The molecular weight excluding hydrogens is 979 g/mol. The summed E-state index contributed by atoms with van der Waals surface area (Å²) in [6.07, 6.45) is 0. The van der Waals surface area contributed by atoms with Crippen LogP contribution in [0, 0.1) is 0 Å². The Morgan fingerprint density at radius 3 is 1.41 bits per heavy atom. The van der Waals surface area contributed by atoms with Crippen molar-refractivity contribution in [1.82, 2.24) is 24.9 Å². The van der Waals surface area contributed by atoms with Crippen LogP contribution in [0.5, 0.6) is 11.5 Å². The van der Waals surface area contributed by atoms with Crippen molar-refractivity contribution in [3.8, 4) is 11.5 Å². The van der Waals surface area contributed by atoms with Gasteiger partial charge in [-0.1, -0.05) is 34.4 Å². The first-order chi connectivity index (χ1) is 32.6. The highest BCUT2D eigenvalue weighted by molar-refractivity contribution is 7.99. The summed E-state index contributed by atoms with van der Waals surface area (Å²) in [6, 6.07) is 16.9. The van der Waals surface area contributed by atoms with Crippen LogP contribution in [0.1, 0.15) is 27.7 Å². The lowest BCUT2D eigenvalue weighted by molar-refractivity contribution is 0.322. The van der Waals surface area contributed by atoms with E-state index < -0.39 is 30.0 Å². The third-order valence-electron chi connectivity index (χ3n) is 10.0. The zero-order valence-corrected chi connectivity index (χ0v) is 41.4. The molecule has 0 aliphatic carbocycles. The predicted octanol–water partition coefficient (Wildman–Crippen LogP) is 9.70. The highest BCUT2D eigenvalue weighted by Crippen LogP contribution is 2.42. The molecule has 0 saturated carbocycles. The van der Waals surface area contributed by atoms with Crippen molar-refractivity contribution in [3.63, 3.8) is 0 Å². The van der Waals surface area contributed by atoms with E-state index >= 15 is 0 Å². The fraction of sp³-hybridized carbons (Fsp3) is 0.293. The van der Waals surface area contributed by atoms with Gasteiger partial charge in [0.2, 0.25) is 22.2 Å². The summed E-state index contributed by atoms with van der Waals surface area (Å²) in [5, 5.41) is 34.5. The maximum absolute atomic E-state index is 12.3. The van der Waals surface area contributed by atoms with Crippen LogP contribution in [0.3, 0.4) is 0 Å². The van der Waals surface area contributed by atoms with Crippen molar-refractivity contribution in [2.24, 2.45) is 20.5 Å². The van der Waals surface area contributed by atoms with E-state index in [0.29, 0.717) is 48.9 Å². The summed E-state index contributed by atoms with van der Waals surface area (Å²) in [7, 11) is -6.77. The lowest BCUT2D eigenvalue weighted by Gasteiger charge is -2.22. The Bertz CT molecular complexity index is 3040. The fourth-order valence-electron chi connectivity index (χ4n) is 6.87. The number of anilines is 6. The van der Waals surface area contributed by atoms with Crippen LogP contribution in [0.4, 0.5) is 56.3 Å². The van der Waals surface area contributed by atoms with Crippen molar-refractivity contribution in [2.45, 2.75) is 42.6 Å². The Hall–Kier alpha value is -6.20. The van der Waals surface area contributed by atoms with E-state index in [9.17, 15) is 31.0 Å².